The van der Waals surface area contributed by atoms with E-state index >= 15 is 0 Å². The number of hydrogen-bond acceptors (Lipinski definition) is 4. The molecule has 6 nitrogen and oxygen atoms in total. The second kappa shape index (κ2) is 7.95. The third-order valence-electron chi connectivity index (χ3n) is 3.68. The van der Waals surface area contributed by atoms with Crippen LogP contribution in [-0.4, -0.2) is 41.9 Å². The summed E-state index contributed by atoms with van der Waals surface area (Å²) in [6, 6.07) is 6.54. The van der Waals surface area contributed by atoms with E-state index in [9.17, 15) is 14.9 Å². The largest absolute Gasteiger partial charge is 0.341 e. The first-order valence-electron chi connectivity index (χ1n) is 6.78. The van der Waals surface area contributed by atoms with Gasteiger partial charge in [-0.1, -0.05) is 12.1 Å². The van der Waals surface area contributed by atoms with Crippen LogP contribution in [0.5, 0.6) is 0 Å². The van der Waals surface area contributed by atoms with Crippen LogP contribution >= 0.6 is 12.4 Å². The number of likely N-dealkylation sites (tertiary alicyclic amines) is 1. The number of hydrogen-bond donors (Lipinski definition) is 1. The zero-order chi connectivity index (χ0) is 14.5. The number of halogens is 1. The molecule has 1 aromatic rings. The zero-order valence-electron chi connectivity index (χ0n) is 11.9. The molecule has 0 bridgehead atoms. The van der Waals surface area contributed by atoms with Crippen LogP contribution in [0.2, 0.25) is 0 Å². The summed E-state index contributed by atoms with van der Waals surface area (Å²) in [4.78, 5) is 24.2. The molecule has 0 radical (unpaired) electrons. The number of carbonyl (C=O) groups is 1. The van der Waals surface area contributed by atoms with Crippen molar-refractivity contribution in [3.63, 3.8) is 0 Å². The van der Waals surface area contributed by atoms with Gasteiger partial charge in [-0.2, -0.15) is 0 Å². The van der Waals surface area contributed by atoms with Crippen molar-refractivity contribution in [3.05, 3.63) is 39.9 Å². The summed E-state index contributed by atoms with van der Waals surface area (Å²) in [7, 11) is 1.91. The predicted molar refractivity (Wildman–Crippen MR) is 82.7 cm³/mol. The van der Waals surface area contributed by atoms with Crippen LogP contribution in [0.4, 0.5) is 5.69 Å². The molecule has 1 N–H and O–H groups in total. The van der Waals surface area contributed by atoms with Crippen molar-refractivity contribution in [2.45, 2.75) is 25.3 Å². The number of piperidine rings is 1. The van der Waals surface area contributed by atoms with Crippen molar-refractivity contribution in [1.82, 2.24) is 10.2 Å². The van der Waals surface area contributed by atoms with E-state index in [4.69, 9.17) is 0 Å². The van der Waals surface area contributed by atoms with Crippen LogP contribution < -0.4 is 5.32 Å². The Labute approximate surface area is 130 Å². The molecular formula is C14H20ClN3O3. The quantitative estimate of drug-likeness (QED) is 0.679. The number of amides is 1. The summed E-state index contributed by atoms with van der Waals surface area (Å²) in [6.45, 7) is 1.53. The van der Waals surface area contributed by atoms with Crippen molar-refractivity contribution in [1.29, 1.82) is 0 Å². The van der Waals surface area contributed by atoms with Crippen LogP contribution in [0.15, 0.2) is 24.3 Å². The number of nitro benzene ring substituents is 1. The summed E-state index contributed by atoms with van der Waals surface area (Å²) < 4.78 is 0. The molecule has 1 unspecified atom stereocenters. The number of carbonyl (C=O) groups excluding carboxylic acids is 1. The predicted octanol–water partition coefficient (Wildman–Crippen LogP) is 1.77. The lowest BCUT2D eigenvalue weighted by Crippen LogP contribution is -2.47. The van der Waals surface area contributed by atoms with Gasteiger partial charge in [-0.15, -0.1) is 12.4 Å². The van der Waals surface area contributed by atoms with E-state index in [1.165, 1.54) is 12.1 Å². The second-order valence-corrected chi connectivity index (χ2v) is 5.07. The molecule has 1 saturated heterocycles. The van der Waals surface area contributed by atoms with Crippen molar-refractivity contribution in [3.8, 4) is 0 Å². The van der Waals surface area contributed by atoms with E-state index in [0.29, 0.717) is 12.5 Å². The third-order valence-corrected chi connectivity index (χ3v) is 3.68. The first-order valence-corrected chi connectivity index (χ1v) is 6.78. The smallest absolute Gasteiger partial charge is 0.269 e. The average Bonchev–Trinajstić information content (AvgIpc) is 2.47. The van der Waals surface area contributed by atoms with Gasteiger partial charge < -0.3 is 10.2 Å². The van der Waals surface area contributed by atoms with Gasteiger partial charge in [0.25, 0.3) is 5.69 Å². The molecule has 0 spiro atoms. The van der Waals surface area contributed by atoms with Crippen LogP contribution in [0.25, 0.3) is 0 Å². The minimum absolute atomic E-state index is 0. The van der Waals surface area contributed by atoms with Gasteiger partial charge in [0.1, 0.15) is 0 Å². The van der Waals surface area contributed by atoms with Crippen LogP contribution in [0.3, 0.4) is 0 Å². The number of non-ortho nitro benzene ring substituents is 1. The fourth-order valence-corrected chi connectivity index (χ4v) is 2.46. The Morgan fingerprint density at radius 1 is 1.43 bits per heavy atom. The Bertz CT molecular complexity index is 493. The molecule has 2 rings (SSSR count). The van der Waals surface area contributed by atoms with Gasteiger partial charge in [-0.05, 0) is 25.5 Å². The van der Waals surface area contributed by atoms with Gasteiger partial charge >= 0.3 is 0 Å². The maximum absolute atomic E-state index is 12.2. The molecule has 1 heterocycles. The molecule has 1 aliphatic heterocycles. The van der Waals surface area contributed by atoms with E-state index in [1.54, 1.807) is 12.1 Å². The molecule has 7 heteroatoms. The molecule has 1 atom stereocenters. The van der Waals surface area contributed by atoms with E-state index in [-0.39, 0.29) is 24.0 Å². The lowest BCUT2D eigenvalue weighted by molar-refractivity contribution is -0.384. The number of nitrogens with zero attached hydrogens (tertiary/aromatic N) is 2. The highest BCUT2D eigenvalue weighted by Crippen LogP contribution is 2.15. The number of nitro groups is 1. The summed E-state index contributed by atoms with van der Waals surface area (Å²) in [6.07, 6.45) is 2.41. The maximum atomic E-state index is 12.2. The lowest BCUT2D eigenvalue weighted by Gasteiger charge is -2.32. The van der Waals surface area contributed by atoms with Crippen molar-refractivity contribution in [2.75, 3.05) is 20.1 Å². The fourth-order valence-electron chi connectivity index (χ4n) is 2.46. The first kappa shape index (κ1) is 17.4. The molecule has 1 aliphatic rings. The fraction of sp³-hybridized carbons (Fsp3) is 0.500. The number of rotatable bonds is 4. The molecule has 0 saturated carbocycles. The van der Waals surface area contributed by atoms with Crippen LogP contribution in [0.1, 0.15) is 18.4 Å². The molecule has 1 aromatic carbocycles. The first-order chi connectivity index (χ1) is 9.60. The summed E-state index contributed by atoms with van der Waals surface area (Å²) in [5.74, 6) is 0.0822. The Balaban J connectivity index is 0.00000220. The Morgan fingerprint density at radius 3 is 2.67 bits per heavy atom. The van der Waals surface area contributed by atoms with Crippen LogP contribution in [-0.2, 0) is 11.2 Å². The highest BCUT2D eigenvalue weighted by atomic mass is 35.5. The van der Waals surface area contributed by atoms with Crippen LogP contribution in [0, 0.1) is 10.1 Å². The summed E-state index contributed by atoms with van der Waals surface area (Å²) in [5, 5.41) is 13.8. The highest BCUT2D eigenvalue weighted by molar-refractivity contribution is 5.85. The topological polar surface area (TPSA) is 75.5 Å². The molecular weight excluding hydrogens is 294 g/mol. The number of likely N-dealkylation sites (N-methyl/N-ethyl adjacent to an activating group) is 1. The minimum atomic E-state index is -0.437. The number of nitrogens with one attached hydrogen (secondary N) is 1. The zero-order valence-corrected chi connectivity index (χ0v) is 12.8. The monoisotopic (exact) mass is 313 g/mol. The Hall–Kier alpha value is -1.66. The maximum Gasteiger partial charge on any atom is 0.269 e. The number of benzene rings is 1. The average molecular weight is 314 g/mol. The van der Waals surface area contributed by atoms with Crippen molar-refractivity contribution >= 4 is 24.0 Å². The summed E-state index contributed by atoms with van der Waals surface area (Å²) in [5.41, 5.74) is 0.863. The lowest BCUT2D eigenvalue weighted by atomic mass is 10.0. The molecule has 0 aromatic heterocycles. The van der Waals surface area contributed by atoms with E-state index in [1.807, 2.05) is 11.9 Å². The normalized spacial score (nSPS) is 18.0. The molecule has 1 amide bonds. The van der Waals surface area contributed by atoms with Gasteiger partial charge in [-0.25, -0.2) is 0 Å². The van der Waals surface area contributed by atoms with E-state index in [0.717, 1.165) is 31.5 Å². The molecule has 116 valence electrons. The standard InChI is InChI=1S/C14H19N3O3.ClH/c1-15-12-3-2-8-16(10-12)14(18)9-11-4-6-13(7-5-11)17(19)20;/h4-7,12,15H,2-3,8-10H2,1H3;1H. The summed E-state index contributed by atoms with van der Waals surface area (Å²) >= 11 is 0. The Morgan fingerprint density at radius 2 is 2.10 bits per heavy atom. The third kappa shape index (κ3) is 4.68. The van der Waals surface area contributed by atoms with Gasteiger partial charge in [-0.3, -0.25) is 14.9 Å². The SMILES string of the molecule is CNC1CCCN(C(=O)Cc2ccc([N+](=O)[O-])cc2)C1.Cl. The minimum Gasteiger partial charge on any atom is -0.341 e. The second-order valence-electron chi connectivity index (χ2n) is 5.07. The van der Waals surface area contributed by atoms with Gasteiger partial charge in [0, 0.05) is 31.3 Å². The van der Waals surface area contributed by atoms with Gasteiger partial charge in [0.15, 0.2) is 0 Å². The molecule has 0 aliphatic carbocycles. The van der Waals surface area contributed by atoms with Crippen molar-refractivity contribution in [2.24, 2.45) is 0 Å². The highest BCUT2D eigenvalue weighted by Gasteiger charge is 2.22. The van der Waals surface area contributed by atoms with E-state index in [2.05, 4.69) is 5.32 Å². The van der Waals surface area contributed by atoms with Gasteiger partial charge in [0.05, 0.1) is 11.3 Å². The molecule has 1 fully saturated rings. The van der Waals surface area contributed by atoms with E-state index < -0.39 is 4.92 Å². The molecule has 21 heavy (non-hydrogen) atoms. The van der Waals surface area contributed by atoms with Gasteiger partial charge in [0.2, 0.25) is 5.91 Å². The van der Waals surface area contributed by atoms with Crippen molar-refractivity contribution < 1.29 is 9.72 Å². The Kier molecular flexibility index (Phi) is 6.58.